The van der Waals surface area contributed by atoms with Gasteiger partial charge in [0.05, 0.1) is 5.69 Å². The Morgan fingerprint density at radius 1 is 1.39 bits per heavy atom. The van der Waals surface area contributed by atoms with E-state index in [4.69, 9.17) is 5.73 Å². The predicted molar refractivity (Wildman–Crippen MR) is 82.3 cm³/mol. The molecule has 8 heteroatoms. The molecule has 0 amide bonds. The molecule has 100 valence electrons. The molecule has 1 aliphatic heterocycles. The summed E-state index contributed by atoms with van der Waals surface area (Å²) in [5.41, 5.74) is 6.03. The Morgan fingerprint density at radius 2 is 2.11 bits per heavy atom. The van der Waals surface area contributed by atoms with E-state index in [-0.39, 0.29) is 16.6 Å². The lowest BCUT2D eigenvalue weighted by Gasteiger charge is -2.15. The van der Waals surface area contributed by atoms with Gasteiger partial charge < -0.3 is 5.73 Å². The van der Waals surface area contributed by atoms with Gasteiger partial charge >= 0.3 is 0 Å². The number of thioether (sulfide) groups is 1. The summed E-state index contributed by atoms with van der Waals surface area (Å²) in [5.74, 6) is 1.80. The zero-order valence-corrected chi connectivity index (χ0v) is 14.1. The number of rotatable bonds is 3. The van der Waals surface area contributed by atoms with Gasteiger partial charge in [-0.25, -0.2) is 13.1 Å². The Bertz CT molecular complexity index is 534. The maximum Gasteiger partial charge on any atom is 0.244 e. The molecule has 0 saturated carbocycles. The second-order valence-corrected chi connectivity index (χ2v) is 8.56. The zero-order chi connectivity index (χ0) is 13.3. The topological polar surface area (TPSA) is 72.2 Å². The molecule has 1 aromatic carbocycles. The molecular formula is C10H12Br2N2O2S2. The standard InChI is InChI=1S/C10H12Br2N2O2S2/c11-6-3-8(12)10(9(13)4-6)18(15,16)14-7-1-2-17-5-7/h3-4,7,14H,1-2,5,13H2. The van der Waals surface area contributed by atoms with Crippen molar-refractivity contribution in [2.75, 3.05) is 17.2 Å². The molecule has 1 aromatic rings. The maximum atomic E-state index is 12.3. The number of hydrogen-bond donors (Lipinski definition) is 2. The summed E-state index contributed by atoms with van der Waals surface area (Å²) in [4.78, 5) is 0.114. The molecule has 0 bridgehead atoms. The van der Waals surface area contributed by atoms with Crippen molar-refractivity contribution in [2.24, 2.45) is 0 Å². The van der Waals surface area contributed by atoms with Crippen LogP contribution in [0.3, 0.4) is 0 Å². The first kappa shape index (κ1) is 14.6. The largest absolute Gasteiger partial charge is 0.398 e. The molecule has 1 fully saturated rings. The summed E-state index contributed by atoms with van der Waals surface area (Å²) in [6.07, 6.45) is 0.859. The van der Waals surface area contributed by atoms with E-state index in [1.54, 1.807) is 23.9 Å². The molecule has 0 aromatic heterocycles. The van der Waals surface area contributed by atoms with Crippen LogP contribution in [0.15, 0.2) is 26.0 Å². The van der Waals surface area contributed by atoms with Crippen LogP contribution in [-0.2, 0) is 10.0 Å². The highest BCUT2D eigenvalue weighted by Gasteiger charge is 2.26. The third-order valence-electron chi connectivity index (χ3n) is 2.56. The maximum absolute atomic E-state index is 12.3. The Morgan fingerprint density at radius 3 is 2.67 bits per heavy atom. The first-order valence-electron chi connectivity index (χ1n) is 5.25. The monoisotopic (exact) mass is 414 g/mol. The van der Waals surface area contributed by atoms with E-state index in [0.29, 0.717) is 4.47 Å². The average Bonchev–Trinajstić information content (AvgIpc) is 2.66. The van der Waals surface area contributed by atoms with Gasteiger partial charge in [-0.3, -0.25) is 0 Å². The summed E-state index contributed by atoms with van der Waals surface area (Å²) < 4.78 is 28.5. The van der Waals surface area contributed by atoms with Gasteiger partial charge in [0.15, 0.2) is 0 Å². The van der Waals surface area contributed by atoms with Crippen LogP contribution in [0.5, 0.6) is 0 Å². The first-order valence-corrected chi connectivity index (χ1v) is 9.47. The number of anilines is 1. The van der Waals surface area contributed by atoms with Crippen molar-refractivity contribution in [2.45, 2.75) is 17.4 Å². The van der Waals surface area contributed by atoms with Crippen molar-refractivity contribution >= 4 is 59.3 Å². The van der Waals surface area contributed by atoms with Crippen LogP contribution in [0, 0.1) is 0 Å². The number of halogens is 2. The number of hydrogen-bond acceptors (Lipinski definition) is 4. The van der Waals surface area contributed by atoms with Crippen LogP contribution < -0.4 is 10.5 Å². The van der Waals surface area contributed by atoms with Crippen LogP contribution in [0.2, 0.25) is 0 Å². The van der Waals surface area contributed by atoms with Gasteiger partial charge in [-0.05, 0) is 40.2 Å². The molecule has 0 radical (unpaired) electrons. The number of nitrogens with one attached hydrogen (secondary N) is 1. The number of nitrogen functional groups attached to an aromatic ring is 1. The van der Waals surface area contributed by atoms with Gasteiger partial charge in [0, 0.05) is 20.7 Å². The molecule has 1 unspecified atom stereocenters. The molecular weight excluding hydrogens is 404 g/mol. The lowest BCUT2D eigenvalue weighted by Crippen LogP contribution is -2.35. The molecule has 1 saturated heterocycles. The van der Waals surface area contributed by atoms with E-state index < -0.39 is 10.0 Å². The summed E-state index contributed by atoms with van der Waals surface area (Å²) in [6, 6.07) is 3.26. The third kappa shape index (κ3) is 3.22. The number of nitrogens with two attached hydrogens (primary N) is 1. The molecule has 3 N–H and O–H groups in total. The second kappa shape index (κ2) is 5.70. The fourth-order valence-electron chi connectivity index (χ4n) is 1.77. The van der Waals surface area contributed by atoms with Crippen molar-refractivity contribution in [1.29, 1.82) is 0 Å². The van der Waals surface area contributed by atoms with Crippen LogP contribution in [0.1, 0.15) is 6.42 Å². The van der Waals surface area contributed by atoms with Crippen molar-refractivity contribution < 1.29 is 8.42 Å². The molecule has 1 aliphatic rings. The van der Waals surface area contributed by atoms with Gasteiger partial charge in [-0.2, -0.15) is 11.8 Å². The highest BCUT2D eigenvalue weighted by Crippen LogP contribution is 2.32. The highest BCUT2D eigenvalue weighted by molar-refractivity contribution is 9.11. The van der Waals surface area contributed by atoms with E-state index in [1.165, 1.54) is 0 Å². The minimum absolute atomic E-state index is 0.00468. The average molecular weight is 416 g/mol. The minimum Gasteiger partial charge on any atom is -0.398 e. The van der Waals surface area contributed by atoms with Crippen LogP contribution >= 0.6 is 43.6 Å². The van der Waals surface area contributed by atoms with Gasteiger partial charge in [0.2, 0.25) is 10.0 Å². The van der Waals surface area contributed by atoms with Crippen molar-refractivity contribution in [1.82, 2.24) is 4.72 Å². The van der Waals surface area contributed by atoms with Crippen molar-refractivity contribution in [3.63, 3.8) is 0 Å². The summed E-state index contributed by atoms with van der Waals surface area (Å²) in [5, 5.41) is 0. The van der Waals surface area contributed by atoms with Crippen LogP contribution in [0.4, 0.5) is 5.69 Å². The normalized spacial score (nSPS) is 20.2. The lowest BCUT2D eigenvalue weighted by molar-refractivity contribution is 0.563. The Hall–Kier alpha value is 0.240. The van der Waals surface area contributed by atoms with E-state index in [0.717, 1.165) is 22.4 Å². The van der Waals surface area contributed by atoms with Crippen LogP contribution in [-0.4, -0.2) is 26.0 Å². The van der Waals surface area contributed by atoms with E-state index in [9.17, 15) is 8.42 Å². The van der Waals surface area contributed by atoms with Crippen molar-refractivity contribution in [3.8, 4) is 0 Å². The first-order chi connectivity index (χ1) is 8.40. The zero-order valence-electron chi connectivity index (χ0n) is 9.32. The minimum atomic E-state index is -3.58. The Balaban J connectivity index is 2.34. The molecule has 4 nitrogen and oxygen atoms in total. The predicted octanol–water partition coefficient (Wildman–Crippen LogP) is 2.58. The Kier molecular flexibility index (Phi) is 4.64. The molecule has 1 heterocycles. The molecule has 0 spiro atoms. The fourth-order valence-corrected chi connectivity index (χ4v) is 6.37. The summed E-state index contributed by atoms with van der Waals surface area (Å²) in [6.45, 7) is 0. The van der Waals surface area contributed by atoms with E-state index in [1.807, 2.05) is 0 Å². The third-order valence-corrected chi connectivity index (χ3v) is 6.70. The smallest absolute Gasteiger partial charge is 0.244 e. The highest BCUT2D eigenvalue weighted by atomic mass is 79.9. The summed E-state index contributed by atoms with van der Waals surface area (Å²) in [7, 11) is -3.58. The van der Waals surface area contributed by atoms with E-state index in [2.05, 4.69) is 36.6 Å². The lowest BCUT2D eigenvalue weighted by atomic mass is 10.3. The fraction of sp³-hybridized carbons (Fsp3) is 0.400. The second-order valence-electron chi connectivity index (χ2n) is 3.99. The molecule has 1 atom stereocenters. The van der Waals surface area contributed by atoms with E-state index >= 15 is 0 Å². The number of benzene rings is 1. The Labute approximate surface area is 127 Å². The van der Waals surface area contributed by atoms with Crippen molar-refractivity contribution in [3.05, 3.63) is 21.1 Å². The van der Waals surface area contributed by atoms with Gasteiger partial charge in [0.1, 0.15) is 4.90 Å². The van der Waals surface area contributed by atoms with Gasteiger partial charge in [-0.1, -0.05) is 15.9 Å². The molecule has 0 aliphatic carbocycles. The quantitative estimate of drug-likeness (QED) is 0.744. The molecule has 2 rings (SSSR count). The molecule has 18 heavy (non-hydrogen) atoms. The van der Waals surface area contributed by atoms with Crippen LogP contribution in [0.25, 0.3) is 0 Å². The summed E-state index contributed by atoms with van der Waals surface area (Å²) >= 11 is 8.27. The SMILES string of the molecule is Nc1cc(Br)cc(Br)c1S(=O)(=O)NC1CCSC1. The van der Waals surface area contributed by atoms with Gasteiger partial charge in [-0.15, -0.1) is 0 Å². The van der Waals surface area contributed by atoms with Gasteiger partial charge in [0.25, 0.3) is 0 Å². The number of sulfonamides is 1.